The zero-order valence-corrected chi connectivity index (χ0v) is 26.3. The average Bonchev–Trinajstić information content (AvgIpc) is 3.39. The van der Waals surface area contributed by atoms with Crippen molar-refractivity contribution < 1.29 is 33.1 Å². The molecule has 1 spiro atoms. The van der Waals surface area contributed by atoms with Crippen LogP contribution in [0.3, 0.4) is 0 Å². The molecule has 0 radical (unpaired) electrons. The molecule has 3 aliphatic heterocycles. The summed E-state index contributed by atoms with van der Waals surface area (Å²) in [7, 11) is 0. The number of urea groups is 1. The SMILES string of the molecule is CC(C)(C)OC(=O)N1CC(N(Cc2nnc([C@@H]3CC4(CC4)[C@@H]4CN3C(=O)N4OCc3ccccc3)o2)C(=O)OC(C)(C)C)C1. The number of aromatic nitrogens is 2. The predicted octanol–water partition coefficient (Wildman–Crippen LogP) is 4.89. The Bertz CT molecular complexity index is 1390. The molecule has 3 saturated heterocycles. The standard InChI is InChI=1S/C31H42N6O7/c1-29(2,3)43-27(39)34-15-21(16-34)35(28(40)44-30(4,5)6)18-24-32-33-25(42-24)22-14-31(12-13-31)23-17-36(22)26(38)37(23)41-19-20-10-8-7-9-11-20/h7-11,21-23H,12-19H2,1-6H3/t22-,23-/m0/s1. The second-order valence-electron chi connectivity index (χ2n) is 14.3. The summed E-state index contributed by atoms with van der Waals surface area (Å²) < 4.78 is 17.3. The van der Waals surface area contributed by atoms with Crippen LogP contribution < -0.4 is 0 Å². The number of hydroxylamine groups is 2. The molecule has 4 aliphatic rings. The predicted molar refractivity (Wildman–Crippen MR) is 156 cm³/mol. The molecule has 44 heavy (non-hydrogen) atoms. The van der Waals surface area contributed by atoms with Crippen molar-refractivity contribution in [2.24, 2.45) is 5.41 Å². The molecular weight excluding hydrogens is 568 g/mol. The fourth-order valence-corrected chi connectivity index (χ4v) is 6.12. The number of hydrogen-bond donors (Lipinski definition) is 0. The summed E-state index contributed by atoms with van der Waals surface area (Å²) >= 11 is 0. The number of nitrogens with zero attached hydrogens (tertiary/aromatic N) is 6. The van der Waals surface area contributed by atoms with Crippen LogP contribution in [0, 0.1) is 5.41 Å². The first-order chi connectivity index (χ1) is 20.7. The first kappa shape index (κ1) is 30.2. The zero-order chi connectivity index (χ0) is 31.4. The van der Waals surface area contributed by atoms with E-state index in [0.717, 1.165) is 18.4 Å². The minimum Gasteiger partial charge on any atom is -0.444 e. The first-order valence-corrected chi connectivity index (χ1v) is 15.3. The van der Waals surface area contributed by atoms with Gasteiger partial charge in [0.15, 0.2) is 0 Å². The van der Waals surface area contributed by atoms with Crippen molar-refractivity contribution in [3.8, 4) is 0 Å². The van der Waals surface area contributed by atoms with E-state index in [1.54, 1.807) is 35.6 Å². The molecule has 13 nitrogen and oxygen atoms in total. The number of benzene rings is 1. The Kier molecular flexibility index (Phi) is 7.50. The fraction of sp³-hybridized carbons (Fsp3) is 0.645. The van der Waals surface area contributed by atoms with Crippen molar-refractivity contribution in [1.82, 2.24) is 30.0 Å². The van der Waals surface area contributed by atoms with Gasteiger partial charge in [0.05, 0.1) is 12.1 Å². The number of amides is 4. The molecule has 4 fully saturated rings. The fourth-order valence-electron chi connectivity index (χ4n) is 6.12. The van der Waals surface area contributed by atoms with Crippen LogP contribution in [0.2, 0.25) is 0 Å². The third-order valence-corrected chi connectivity index (χ3v) is 8.53. The van der Waals surface area contributed by atoms with Gasteiger partial charge in [0.1, 0.15) is 30.4 Å². The monoisotopic (exact) mass is 610 g/mol. The molecule has 4 amide bonds. The molecule has 13 heteroatoms. The molecule has 2 atom stereocenters. The average molecular weight is 611 g/mol. The van der Waals surface area contributed by atoms with Gasteiger partial charge in [-0.05, 0) is 71.8 Å². The van der Waals surface area contributed by atoms with Crippen molar-refractivity contribution in [2.75, 3.05) is 19.6 Å². The van der Waals surface area contributed by atoms with Gasteiger partial charge in [-0.25, -0.2) is 14.4 Å². The van der Waals surface area contributed by atoms with E-state index in [4.69, 9.17) is 18.7 Å². The highest BCUT2D eigenvalue weighted by molar-refractivity contribution is 5.77. The van der Waals surface area contributed by atoms with Crippen LogP contribution in [0.15, 0.2) is 34.7 Å². The van der Waals surface area contributed by atoms with Crippen molar-refractivity contribution in [3.63, 3.8) is 0 Å². The van der Waals surface area contributed by atoms with Gasteiger partial charge in [-0.1, -0.05) is 30.3 Å². The number of fused-ring (bicyclic) bond motifs is 3. The molecule has 0 N–H and O–H groups in total. The molecule has 1 aromatic carbocycles. The summed E-state index contributed by atoms with van der Waals surface area (Å²) in [4.78, 5) is 50.2. The lowest BCUT2D eigenvalue weighted by Gasteiger charge is -2.44. The van der Waals surface area contributed by atoms with E-state index >= 15 is 0 Å². The maximum atomic E-state index is 13.5. The van der Waals surface area contributed by atoms with E-state index in [1.807, 2.05) is 51.1 Å². The molecule has 1 aliphatic carbocycles. The lowest BCUT2D eigenvalue weighted by Crippen LogP contribution is -2.63. The van der Waals surface area contributed by atoms with Gasteiger partial charge in [-0.3, -0.25) is 9.74 Å². The molecule has 1 aromatic heterocycles. The van der Waals surface area contributed by atoms with E-state index in [9.17, 15) is 14.4 Å². The third-order valence-electron chi connectivity index (χ3n) is 8.53. The molecular formula is C31H42N6O7. The van der Waals surface area contributed by atoms with E-state index in [0.29, 0.717) is 38.6 Å². The minimum atomic E-state index is -0.717. The smallest absolute Gasteiger partial charge is 0.411 e. The summed E-state index contributed by atoms with van der Waals surface area (Å²) in [5, 5.41) is 10.2. The van der Waals surface area contributed by atoms with E-state index in [-0.39, 0.29) is 42.0 Å². The van der Waals surface area contributed by atoms with Crippen LogP contribution in [0.5, 0.6) is 0 Å². The van der Waals surface area contributed by atoms with E-state index < -0.39 is 23.4 Å². The molecule has 1 saturated carbocycles. The summed E-state index contributed by atoms with van der Waals surface area (Å²) in [6, 6.07) is 8.88. The highest BCUT2D eigenvalue weighted by Gasteiger charge is 2.64. The molecule has 238 valence electrons. The Balaban J connectivity index is 1.15. The Morgan fingerprint density at radius 2 is 1.68 bits per heavy atom. The van der Waals surface area contributed by atoms with Gasteiger partial charge < -0.3 is 23.7 Å². The summed E-state index contributed by atoms with van der Waals surface area (Å²) in [6.07, 6.45) is 1.75. The highest BCUT2D eigenvalue weighted by Crippen LogP contribution is 2.61. The maximum Gasteiger partial charge on any atom is 0.411 e. The van der Waals surface area contributed by atoms with E-state index in [1.165, 1.54) is 4.90 Å². The van der Waals surface area contributed by atoms with Crippen molar-refractivity contribution >= 4 is 18.2 Å². The summed E-state index contributed by atoms with van der Waals surface area (Å²) in [5.74, 6) is 0.577. The topological polar surface area (TPSA) is 131 Å². The van der Waals surface area contributed by atoms with Gasteiger partial charge in [-0.2, -0.15) is 5.06 Å². The van der Waals surface area contributed by atoms with Crippen LogP contribution in [-0.2, 0) is 27.5 Å². The van der Waals surface area contributed by atoms with Crippen LogP contribution in [0.25, 0.3) is 0 Å². The van der Waals surface area contributed by atoms with Crippen LogP contribution in [-0.4, -0.2) is 91.1 Å². The largest absolute Gasteiger partial charge is 0.444 e. The summed E-state index contributed by atoms with van der Waals surface area (Å²) in [5.41, 5.74) is -0.383. The second-order valence-corrected chi connectivity index (χ2v) is 14.3. The molecule has 0 unspecified atom stereocenters. The van der Waals surface area contributed by atoms with Gasteiger partial charge >= 0.3 is 18.2 Å². The number of rotatable bonds is 7. The van der Waals surface area contributed by atoms with Crippen LogP contribution in [0.1, 0.15) is 84.2 Å². The molecule has 2 aromatic rings. The van der Waals surface area contributed by atoms with Gasteiger partial charge in [0.2, 0.25) is 11.8 Å². The normalized spacial score (nSPS) is 22.7. The minimum absolute atomic E-state index is 0.00941. The molecule has 6 rings (SSSR count). The Morgan fingerprint density at radius 3 is 2.32 bits per heavy atom. The third kappa shape index (κ3) is 6.19. The number of ether oxygens (including phenoxy) is 2. The first-order valence-electron chi connectivity index (χ1n) is 15.3. The van der Waals surface area contributed by atoms with Gasteiger partial charge in [0, 0.05) is 19.6 Å². The number of piperidine rings is 1. The van der Waals surface area contributed by atoms with Gasteiger partial charge in [0.25, 0.3) is 0 Å². The number of carbonyl (C=O) groups excluding carboxylic acids is 3. The lowest BCUT2D eigenvalue weighted by molar-refractivity contribution is -0.153. The Morgan fingerprint density at radius 1 is 1.00 bits per heavy atom. The van der Waals surface area contributed by atoms with Gasteiger partial charge in [-0.15, -0.1) is 10.2 Å². The molecule has 4 heterocycles. The Labute approximate surface area is 257 Å². The zero-order valence-electron chi connectivity index (χ0n) is 26.3. The van der Waals surface area contributed by atoms with E-state index in [2.05, 4.69) is 10.2 Å². The maximum absolute atomic E-state index is 13.5. The van der Waals surface area contributed by atoms with Crippen LogP contribution in [0.4, 0.5) is 14.4 Å². The number of likely N-dealkylation sites (tertiary alicyclic amines) is 1. The van der Waals surface area contributed by atoms with Crippen molar-refractivity contribution in [3.05, 3.63) is 47.7 Å². The van der Waals surface area contributed by atoms with Crippen molar-refractivity contribution in [1.29, 1.82) is 0 Å². The number of carbonyl (C=O) groups is 3. The van der Waals surface area contributed by atoms with Crippen LogP contribution >= 0.6 is 0 Å². The summed E-state index contributed by atoms with van der Waals surface area (Å²) in [6.45, 7) is 12.3. The Hall–Kier alpha value is -3.87. The lowest BCUT2D eigenvalue weighted by atomic mass is 9.85. The van der Waals surface area contributed by atoms with Crippen molar-refractivity contribution in [2.45, 2.75) is 103 Å². The second kappa shape index (κ2) is 10.9. The highest BCUT2D eigenvalue weighted by atomic mass is 16.7. The quantitative estimate of drug-likeness (QED) is 0.430. The molecule has 2 bridgehead atoms. The number of hydrogen-bond acceptors (Lipinski definition) is 9.